The number of nitrogens with zero attached hydrogens (tertiary/aromatic N) is 3. The molecule has 1 atom stereocenters. The van der Waals surface area contributed by atoms with Gasteiger partial charge >= 0.3 is 0 Å². The van der Waals surface area contributed by atoms with Gasteiger partial charge in [-0.1, -0.05) is 0 Å². The molecule has 1 rings (SSSR count). The molecule has 1 aromatic heterocycles. The predicted octanol–water partition coefficient (Wildman–Crippen LogP) is 0.822. The van der Waals surface area contributed by atoms with Crippen LogP contribution in [-0.4, -0.2) is 29.6 Å². The minimum Gasteiger partial charge on any atom is -0.344 e. The molecule has 0 fully saturated rings. The Bertz CT molecular complexity index is 268. The van der Waals surface area contributed by atoms with Crippen LogP contribution in [-0.2, 0) is 6.42 Å². The fraction of sp³-hybridized carbons (Fsp3) is 0.600. The topological polar surface area (TPSA) is 55.0 Å². The van der Waals surface area contributed by atoms with E-state index in [1.807, 2.05) is 31.3 Å². The Kier molecular flexibility index (Phi) is 3.83. The van der Waals surface area contributed by atoms with Crippen molar-refractivity contribution in [2.24, 2.45) is 5.73 Å². The van der Waals surface area contributed by atoms with E-state index < -0.39 is 0 Å². The first-order chi connectivity index (χ1) is 6.63. The quantitative estimate of drug-likeness (QED) is 0.771. The Morgan fingerprint density at radius 1 is 1.43 bits per heavy atom. The molecule has 0 amide bonds. The summed E-state index contributed by atoms with van der Waals surface area (Å²) >= 11 is 0. The van der Waals surface area contributed by atoms with Gasteiger partial charge in [-0.3, -0.25) is 0 Å². The SMILES string of the molecule is CCN(C)c1ncc(CC(C)N)cn1. The van der Waals surface area contributed by atoms with Crippen LogP contribution in [0.25, 0.3) is 0 Å². The van der Waals surface area contributed by atoms with E-state index in [0.29, 0.717) is 0 Å². The zero-order valence-electron chi connectivity index (χ0n) is 9.07. The Hall–Kier alpha value is -1.16. The van der Waals surface area contributed by atoms with Crippen LogP contribution >= 0.6 is 0 Å². The first-order valence-corrected chi connectivity index (χ1v) is 4.91. The Morgan fingerprint density at radius 3 is 2.43 bits per heavy atom. The highest BCUT2D eigenvalue weighted by Crippen LogP contribution is 2.05. The van der Waals surface area contributed by atoms with E-state index in [-0.39, 0.29) is 6.04 Å². The summed E-state index contributed by atoms with van der Waals surface area (Å²) < 4.78 is 0. The number of anilines is 1. The van der Waals surface area contributed by atoms with Crippen LogP contribution in [0, 0.1) is 0 Å². The molecule has 0 aliphatic rings. The minimum absolute atomic E-state index is 0.161. The predicted molar refractivity (Wildman–Crippen MR) is 58.3 cm³/mol. The number of hydrogen-bond acceptors (Lipinski definition) is 4. The Morgan fingerprint density at radius 2 is 2.00 bits per heavy atom. The molecular weight excluding hydrogens is 176 g/mol. The molecule has 0 radical (unpaired) electrons. The third-order valence-corrected chi connectivity index (χ3v) is 2.07. The average molecular weight is 194 g/mol. The first-order valence-electron chi connectivity index (χ1n) is 4.91. The number of aromatic nitrogens is 2. The molecule has 0 aromatic carbocycles. The average Bonchev–Trinajstić information content (AvgIpc) is 2.17. The van der Waals surface area contributed by atoms with E-state index in [1.54, 1.807) is 0 Å². The van der Waals surface area contributed by atoms with Gasteiger partial charge in [-0.2, -0.15) is 0 Å². The summed E-state index contributed by atoms with van der Waals surface area (Å²) in [7, 11) is 1.97. The maximum Gasteiger partial charge on any atom is 0.224 e. The molecule has 0 spiro atoms. The van der Waals surface area contributed by atoms with Crippen molar-refractivity contribution >= 4 is 5.95 Å². The van der Waals surface area contributed by atoms with E-state index in [0.717, 1.165) is 24.5 Å². The minimum atomic E-state index is 0.161. The van der Waals surface area contributed by atoms with Crippen molar-refractivity contribution in [1.29, 1.82) is 0 Å². The lowest BCUT2D eigenvalue weighted by Gasteiger charge is -2.14. The maximum absolute atomic E-state index is 5.68. The Balaban J connectivity index is 2.68. The standard InChI is InChI=1S/C10H18N4/c1-4-14(3)10-12-6-9(7-13-10)5-8(2)11/h6-8H,4-5,11H2,1-3H3. The van der Waals surface area contributed by atoms with Crippen molar-refractivity contribution in [3.8, 4) is 0 Å². The molecule has 4 heteroatoms. The van der Waals surface area contributed by atoms with Crippen LogP contribution in [0.4, 0.5) is 5.95 Å². The molecule has 0 saturated heterocycles. The summed E-state index contributed by atoms with van der Waals surface area (Å²) in [5.41, 5.74) is 6.77. The van der Waals surface area contributed by atoms with Crippen molar-refractivity contribution in [1.82, 2.24) is 9.97 Å². The van der Waals surface area contributed by atoms with Gasteiger partial charge in [0.25, 0.3) is 0 Å². The van der Waals surface area contributed by atoms with Gasteiger partial charge < -0.3 is 10.6 Å². The lowest BCUT2D eigenvalue weighted by Crippen LogP contribution is -2.20. The smallest absolute Gasteiger partial charge is 0.224 e. The van der Waals surface area contributed by atoms with Gasteiger partial charge in [0.1, 0.15) is 0 Å². The van der Waals surface area contributed by atoms with Crippen molar-refractivity contribution in [2.45, 2.75) is 26.3 Å². The summed E-state index contributed by atoms with van der Waals surface area (Å²) in [4.78, 5) is 10.5. The molecule has 1 aromatic rings. The van der Waals surface area contributed by atoms with Crippen LogP contribution in [0.15, 0.2) is 12.4 Å². The van der Waals surface area contributed by atoms with E-state index >= 15 is 0 Å². The molecule has 14 heavy (non-hydrogen) atoms. The van der Waals surface area contributed by atoms with Gasteiger partial charge in [0.2, 0.25) is 5.95 Å². The molecule has 0 aliphatic heterocycles. The van der Waals surface area contributed by atoms with Crippen molar-refractivity contribution in [3.63, 3.8) is 0 Å². The second-order valence-electron chi connectivity index (χ2n) is 3.59. The largest absolute Gasteiger partial charge is 0.344 e. The van der Waals surface area contributed by atoms with Crippen molar-refractivity contribution in [2.75, 3.05) is 18.5 Å². The molecule has 1 unspecified atom stereocenters. The van der Waals surface area contributed by atoms with Crippen LogP contribution < -0.4 is 10.6 Å². The molecule has 0 aliphatic carbocycles. The molecule has 2 N–H and O–H groups in total. The van der Waals surface area contributed by atoms with Gasteiger partial charge in [0, 0.05) is 32.0 Å². The molecule has 1 heterocycles. The van der Waals surface area contributed by atoms with Gasteiger partial charge in [-0.25, -0.2) is 9.97 Å². The number of nitrogens with two attached hydrogens (primary N) is 1. The van der Waals surface area contributed by atoms with Gasteiger partial charge in [-0.05, 0) is 25.8 Å². The molecule has 0 saturated carbocycles. The maximum atomic E-state index is 5.68. The highest BCUT2D eigenvalue weighted by Gasteiger charge is 2.02. The molecule has 4 nitrogen and oxygen atoms in total. The summed E-state index contributed by atoms with van der Waals surface area (Å²) in [6.07, 6.45) is 4.52. The molecule has 0 bridgehead atoms. The lowest BCUT2D eigenvalue weighted by atomic mass is 10.1. The zero-order chi connectivity index (χ0) is 10.6. The zero-order valence-corrected chi connectivity index (χ0v) is 9.07. The summed E-state index contributed by atoms with van der Waals surface area (Å²) in [6.45, 7) is 4.96. The van der Waals surface area contributed by atoms with E-state index in [4.69, 9.17) is 5.73 Å². The van der Waals surface area contributed by atoms with Gasteiger partial charge in [0.15, 0.2) is 0 Å². The van der Waals surface area contributed by atoms with Crippen LogP contribution in [0.2, 0.25) is 0 Å². The van der Waals surface area contributed by atoms with E-state index in [1.165, 1.54) is 0 Å². The second-order valence-corrected chi connectivity index (χ2v) is 3.59. The van der Waals surface area contributed by atoms with Crippen molar-refractivity contribution < 1.29 is 0 Å². The lowest BCUT2D eigenvalue weighted by molar-refractivity contribution is 0.731. The number of hydrogen-bond donors (Lipinski definition) is 1. The molecular formula is C10H18N4. The van der Waals surface area contributed by atoms with Crippen molar-refractivity contribution in [3.05, 3.63) is 18.0 Å². The van der Waals surface area contributed by atoms with Gasteiger partial charge in [0.05, 0.1) is 0 Å². The van der Waals surface area contributed by atoms with Gasteiger partial charge in [-0.15, -0.1) is 0 Å². The monoisotopic (exact) mass is 194 g/mol. The van der Waals surface area contributed by atoms with E-state index in [2.05, 4.69) is 16.9 Å². The highest BCUT2D eigenvalue weighted by atomic mass is 15.2. The molecule has 78 valence electrons. The van der Waals surface area contributed by atoms with Crippen LogP contribution in [0.1, 0.15) is 19.4 Å². The third-order valence-electron chi connectivity index (χ3n) is 2.07. The Labute approximate surface area is 85.2 Å². The highest BCUT2D eigenvalue weighted by molar-refractivity contribution is 5.27. The first kappa shape index (κ1) is 10.9. The normalized spacial score (nSPS) is 12.6. The fourth-order valence-electron chi connectivity index (χ4n) is 1.16. The fourth-order valence-corrected chi connectivity index (χ4v) is 1.16. The van der Waals surface area contributed by atoms with Crippen LogP contribution in [0.5, 0.6) is 0 Å². The summed E-state index contributed by atoms with van der Waals surface area (Å²) in [5, 5.41) is 0. The second kappa shape index (κ2) is 4.91. The number of rotatable bonds is 4. The third kappa shape index (κ3) is 2.96. The van der Waals surface area contributed by atoms with E-state index in [9.17, 15) is 0 Å². The summed E-state index contributed by atoms with van der Waals surface area (Å²) in [5.74, 6) is 0.765. The van der Waals surface area contributed by atoms with Crippen LogP contribution in [0.3, 0.4) is 0 Å². The summed E-state index contributed by atoms with van der Waals surface area (Å²) in [6, 6.07) is 0.161.